The minimum Gasteiger partial charge on any atom is -0.390 e. The lowest BCUT2D eigenvalue weighted by molar-refractivity contribution is -0.892. The van der Waals surface area contributed by atoms with E-state index in [1.807, 2.05) is 6.20 Å². The van der Waals surface area contributed by atoms with Crippen molar-refractivity contribution in [3.05, 3.63) is 24.6 Å². The van der Waals surface area contributed by atoms with Crippen LogP contribution in [0.5, 0.6) is 0 Å². The molecule has 2 unspecified atom stereocenters. The fourth-order valence-electron chi connectivity index (χ4n) is 2.36. The predicted octanol–water partition coefficient (Wildman–Crippen LogP) is 2.35. The van der Waals surface area contributed by atoms with Gasteiger partial charge < -0.3 is 10.4 Å². The molecule has 3 heteroatoms. The Bertz CT molecular complexity index is 263. The van der Waals surface area contributed by atoms with E-state index in [1.165, 1.54) is 19.3 Å². The Kier molecular flexibility index (Phi) is 6.30. The molecular weight excluding hydrogens is 212 g/mol. The summed E-state index contributed by atoms with van der Waals surface area (Å²) < 4.78 is 0.820. The van der Waals surface area contributed by atoms with Gasteiger partial charge in [0, 0.05) is 0 Å². The van der Waals surface area contributed by atoms with Gasteiger partial charge in [-0.15, -0.1) is 0 Å². The predicted molar refractivity (Wildman–Crippen MR) is 72.1 cm³/mol. The van der Waals surface area contributed by atoms with Gasteiger partial charge in [-0.1, -0.05) is 25.8 Å². The van der Waals surface area contributed by atoms with Crippen molar-refractivity contribution in [3.8, 4) is 0 Å². The van der Waals surface area contributed by atoms with E-state index in [4.69, 9.17) is 0 Å². The van der Waals surface area contributed by atoms with Crippen LogP contribution in [0.3, 0.4) is 0 Å². The molecule has 0 saturated carbocycles. The average molecular weight is 239 g/mol. The third-order valence-electron chi connectivity index (χ3n) is 3.59. The summed E-state index contributed by atoms with van der Waals surface area (Å²) in [6.45, 7) is 6.43. The molecule has 1 rings (SSSR count). The highest BCUT2D eigenvalue weighted by atomic mass is 16.3. The molecule has 1 aliphatic heterocycles. The molecule has 17 heavy (non-hydrogen) atoms. The van der Waals surface area contributed by atoms with Crippen LogP contribution in [-0.2, 0) is 0 Å². The molecule has 0 aromatic heterocycles. The maximum absolute atomic E-state index is 9.18. The lowest BCUT2D eigenvalue weighted by atomic mass is 10.2. The first-order valence-corrected chi connectivity index (χ1v) is 6.86. The zero-order valence-electron chi connectivity index (χ0n) is 11.2. The standard InChI is InChI=1S/C14H27N2O/c1-3-5-6-7-8-9-14-15-10-11-16(14,4-2)12-13-17/h8-11,14-15,17H,3-7,12-13H2,1-2H3/q+1/b9-8+. The van der Waals surface area contributed by atoms with Crippen molar-refractivity contribution in [3.63, 3.8) is 0 Å². The maximum atomic E-state index is 9.18. The molecule has 0 aliphatic carbocycles. The van der Waals surface area contributed by atoms with Crippen LogP contribution in [0.1, 0.15) is 39.5 Å². The van der Waals surface area contributed by atoms with Crippen LogP contribution in [0.25, 0.3) is 0 Å². The zero-order valence-corrected chi connectivity index (χ0v) is 11.2. The molecular formula is C14H27N2O+. The highest BCUT2D eigenvalue weighted by Gasteiger charge is 2.34. The summed E-state index contributed by atoms with van der Waals surface area (Å²) in [4.78, 5) is 0. The van der Waals surface area contributed by atoms with Gasteiger partial charge in [-0.2, -0.15) is 0 Å². The summed E-state index contributed by atoms with van der Waals surface area (Å²) in [7, 11) is 0. The Balaban J connectivity index is 2.46. The van der Waals surface area contributed by atoms with Gasteiger partial charge in [0.15, 0.2) is 6.17 Å². The molecule has 3 nitrogen and oxygen atoms in total. The monoisotopic (exact) mass is 239 g/mol. The number of aliphatic hydroxyl groups is 1. The van der Waals surface area contributed by atoms with Crippen LogP contribution in [0.2, 0.25) is 0 Å². The number of aliphatic hydroxyl groups excluding tert-OH is 1. The van der Waals surface area contributed by atoms with E-state index in [1.54, 1.807) is 0 Å². The van der Waals surface area contributed by atoms with Crippen LogP contribution in [-0.4, -0.2) is 35.5 Å². The Labute approximate surface area is 105 Å². The van der Waals surface area contributed by atoms with E-state index in [-0.39, 0.29) is 6.61 Å². The van der Waals surface area contributed by atoms with Crippen molar-refractivity contribution in [2.75, 3.05) is 19.7 Å². The van der Waals surface area contributed by atoms with Gasteiger partial charge in [0.05, 0.1) is 19.4 Å². The molecule has 0 bridgehead atoms. The molecule has 0 spiro atoms. The number of quaternary nitrogens is 1. The highest BCUT2D eigenvalue weighted by molar-refractivity contribution is 4.97. The van der Waals surface area contributed by atoms with Gasteiger partial charge in [0.2, 0.25) is 0 Å². The lowest BCUT2D eigenvalue weighted by Gasteiger charge is -2.34. The number of nitrogens with one attached hydrogen (secondary N) is 1. The largest absolute Gasteiger partial charge is 0.390 e. The second-order valence-corrected chi connectivity index (χ2v) is 4.72. The number of hydrogen-bond donors (Lipinski definition) is 2. The fourth-order valence-corrected chi connectivity index (χ4v) is 2.36. The molecule has 0 aromatic rings. The Hall–Kier alpha value is -0.800. The first-order chi connectivity index (χ1) is 8.29. The smallest absolute Gasteiger partial charge is 0.185 e. The normalized spacial score (nSPS) is 27.8. The summed E-state index contributed by atoms with van der Waals surface area (Å²) in [5.41, 5.74) is 0. The quantitative estimate of drug-likeness (QED) is 0.387. The summed E-state index contributed by atoms with van der Waals surface area (Å²) in [5, 5.41) is 12.5. The number of unbranched alkanes of at least 4 members (excludes halogenated alkanes) is 3. The molecule has 1 aliphatic rings. The zero-order chi connectivity index (χ0) is 12.6. The Morgan fingerprint density at radius 2 is 2.18 bits per heavy atom. The molecule has 1 heterocycles. The topological polar surface area (TPSA) is 32.3 Å². The molecule has 0 aromatic carbocycles. The molecule has 0 fully saturated rings. The van der Waals surface area contributed by atoms with Crippen molar-refractivity contribution in [2.45, 2.75) is 45.7 Å². The summed E-state index contributed by atoms with van der Waals surface area (Å²) in [6, 6.07) is 0. The average Bonchev–Trinajstić information content (AvgIpc) is 2.73. The second kappa shape index (κ2) is 7.51. The van der Waals surface area contributed by atoms with E-state index in [0.29, 0.717) is 6.17 Å². The molecule has 2 atom stereocenters. The molecule has 0 radical (unpaired) electrons. The van der Waals surface area contributed by atoms with Gasteiger partial charge in [-0.3, -0.25) is 4.48 Å². The van der Waals surface area contributed by atoms with E-state index in [0.717, 1.165) is 24.0 Å². The van der Waals surface area contributed by atoms with Crippen molar-refractivity contribution in [1.29, 1.82) is 0 Å². The highest BCUT2D eigenvalue weighted by Crippen LogP contribution is 2.19. The van der Waals surface area contributed by atoms with Crippen molar-refractivity contribution >= 4 is 0 Å². The molecule has 2 N–H and O–H groups in total. The van der Waals surface area contributed by atoms with Gasteiger partial charge in [-0.05, 0) is 25.8 Å². The summed E-state index contributed by atoms with van der Waals surface area (Å²) >= 11 is 0. The van der Waals surface area contributed by atoms with E-state index in [9.17, 15) is 5.11 Å². The molecule has 0 amide bonds. The minimum absolute atomic E-state index is 0.236. The number of hydrogen-bond acceptors (Lipinski definition) is 2. The number of rotatable bonds is 8. The van der Waals surface area contributed by atoms with Crippen LogP contribution in [0.15, 0.2) is 24.6 Å². The minimum atomic E-state index is 0.236. The van der Waals surface area contributed by atoms with Crippen molar-refractivity contribution in [2.24, 2.45) is 0 Å². The lowest BCUT2D eigenvalue weighted by Crippen LogP contribution is -2.53. The molecule has 0 saturated heterocycles. The van der Waals surface area contributed by atoms with Gasteiger partial charge >= 0.3 is 0 Å². The van der Waals surface area contributed by atoms with Crippen LogP contribution < -0.4 is 5.32 Å². The fraction of sp³-hybridized carbons (Fsp3) is 0.714. The Morgan fingerprint density at radius 3 is 2.82 bits per heavy atom. The van der Waals surface area contributed by atoms with E-state index >= 15 is 0 Å². The number of allylic oxidation sites excluding steroid dienone is 1. The van der Waals surface area contributed by atoms with E-state index < -0.39 is 0 Å². The number of likely N-dealkylation sites (N-methyl/N-ethyl adjacent to an activating group) is 1. The first-order valence-electron chi connectivity index (χ1n) is 6.86. The third-order valence-corrected chi connectivity index (χ3v) is 3.59. The van der Waals surface area contributed by atoms with Gasteiger partial charge in [0.1, 0.15) is 12.7 Å². The van der Waals surface area contributed by atoms with E-state index in [2.05, 4.69) is 37.5 Å². The van der Waals surface area contributed by atoms with Crippen LogP contribution in [0.4, 0.5) is 0 Å². The van der Waals surface area contributed by atoms with Crippen LogP contribution in [0, 0.1) is 0 Å². The maximum Gasteiger partial charge on any atom is 0.185 e. The van der Waals surface area contributed by atoms with Crippen molar-refractivity contribution in [1.82, 2.24) is 5.32 Å². The molecule has 98 valence electrons. The summed E-state index contributed by atoms with van der Waals surface area (Å²) in [6.07, 6.45) is 14.0. The first kappa shape index (κ1) is 14.3. The Morgan fingerprint density at radius 1 is 1.35 bits per heavy atom. The van der Waals surface area contributed by atoms with Crippen LogP contribution >= 0.6 is 0 Å². The summed E-state index contributed by atoms with van der Waals surface area (Å²) in [5.74, 6) is 0. The number of nitrogens with zero attached hydrogens (tertiary/aromatic N) is 1. The SMILES string of the molecule is CCCCC/C=C/C1NC=C[N+]1(CC)CCO. The van der Waals surface area contributed by atoms with Gasteiger partial charge in [0.25, 0.3) is 0 Å². The van der Waals surface area contributed by atoms with Crippen molar-refractivity contribution < 1.29 is 9.59 Å². The third kappa shape index (κ3) is 3.86. The van der Waals surface area contributed by atoms with Gasteiger partial charge in [-0.25, -0.2) is 0 Å². The second-order valence-electron chi connectivity index (χ2n) is 4.72.